The molecule has 0 radical (unpaired) electrons. The Morgan fingerprint density at radius 2 is 2.05 bits per heavy atom. The van der Waals surface area contributed by atoms with E-state index >= 15 is 0 Å². The average molecular weight is 269 g/mol. The van der Waals surface area contributed by atoms with E-state index < -0.39 is 0 Å². The Hall–Kier alpha value is -2.01. The lowest BCUT2D eigenvalue weighted by Crippen LogP contribution is -2.40. The van der Waals surface area contributed by atoms with Gasteiger partial charge in [0.15, 0.2) is 0 Å². The predicted molar refractivity (Wildman–Crippen MR) is 79.4 cm³/mol. The van der Waals surface area contributed by atoms with Gasteiger partial charge in [0, 0.05) is 43.2 Å². The molecule has 2 aromatic rings. The summed E-state index contributed by atoms with van der Waals surface area (Å²) in [6, 6.07) is 6.31. The van der Waals surface area contributed by atoms with Crippen LogP contribution in [0.15, 0.2) is 30.6 Å². The monoisotopic (exact) mass is 269 g/mol. The van der Waals surface area contributed by atoms with Crippen LogP contribution < -0.4 is 10.6 Å². The van der Waals surface area contributed by atoms with Gasteiger partial charge in [0.1, 0.15) is 11.6 Å². The number of aryl methyl sites for hydroxylation is 1. The molecule has 0 saturated carbocycles. The molecule has 0 spiro atoms. The zero-order valence-corrected chi connectivity index (χ0v) is 11.7. The molecule has 3 rings (SSSR count). The highest BCUT2D eigenvalue weighted by Crippen LogP contribution is 2.23. The first kappa shape index (κ1) is 13.0. The fourth-order valence-corrected chi connectivity index (χ4v) is 2.50. The van der Waals surface area contributed by atoms with E-state index in [0.29, 0.717) is 6.04 Å². The highest BCUT2D eigenvalue weighted by atomic mass is 15.2. The molecular formula is C15H19N5. The topological polar surface area (TPSA) is 67.9 Å². The molecule has 1 aliphatic heterocycles. The molecule has 104 valence electrons. The van der Waals surface area contributed by atoms with E-state index in [9.17, 15) is 0 Å². The quantitative estimate of drug-likeness (QED) is 0.900. The first-order valence-electron chi connectivity index (χ1n) is 6.99. The van der Waals surface area contributed by atoms with Crippen LogP contribution in [0.25, 0.3) is 11.3 Å². The van der Waals surface area contributed by atoms with Crippen LogP contribution in [0.3, 0.4) is 0 Å². The van der Waals surface area contributed by atoms with Crippen molar-refractivity contribution in [2.75, 3.05) is 18.0 Å². The second kappa shape index (κ2) is 5.54. The maximum atomic E-state index is 5.96. The maximum absolute atomic E-state index is 5.96. The van der Waals surface area contributed by atoms with Crippen LogP contribution in [-0.4, -0.2) is 34.1 Å². The molecule has 5 nitrogen and oxygen atoms in total. The molecule has 3 heterocycles. The summed E-state index contributed by atoms with van der Waals surface area (Å²) >= 11 is 0. The lowest BCUT2D eigenvalue weighted by atomic mass is 10.1. The Bertz CT molecular complexity index is 576. The number of rotatable bonds is 2. The summed E-state index contributed by atoms with van der Waals surface area (Å²) in [6.45, 7) is 3.85. The van der Waals surface area contributed by atoms with Crippen LogP contribution in [0, 0.1) is 6.92 Å². The van der Waals surface area contributed by atoms with Gasteiger partial charge in [0.05, 0.1) is 5.69 Å². The van der Waals surface area contributed by atoms with E-state index in [0.717, 1.165) is 48.8 Å². The third-order valence-electron chi connectivity index (χ3n) is 3.65. The number of aromatic nitrogens is 3. The van der Waals surface area contributed by atoms with E-state index in [4.69, 9.17) is 5.73 Å². The van der Waals surface area contributed by atoms with Gasteiger partial charge < -0.3 is 10.6 Å². The van der Waals surface area contributed by atoms with Crippen molar-refractivity contribution < 1.29 is 0 Å². The molecule has 0 amide bonds. The highest BCUT2D eigenvalue weighted by molar-refractivity contribution is 5.62. The standard InChI is InChI=1S/C15H19N5/c1-11-18-14(12-3-2-6-17-10-12)9-15(19-11)20-7-4-13(16)5-8-20/h2-3,6,9-10,13H,4-5,7-8,16H2,1H3. The molecule has 0 unspecified atom stereocenters. The van der Waals surface area contributed by atoms with E-state index in [1.807, 2.05) is 31.3 Å². The van der Waals surface area contributed by atoms with Crippen LogP contribution in [0.4, 0.5) is 5.82 Å². The molecule has 0 aliphatic carbocycles. The second-order valence-electron chi connectivity index (χ2n) is 5.22. The molecule has 1 aliphatic rings. The van der Waals surface area contributed by atoms with Gasteiger partial charge in [-0.2, -0.15) is 0 Å². The Labute approximate surface area is 118 Å². The van der Waals surface area contributed by atoms with Crippen molar-refractivity contribution in [2.45, 2.75) is 25.8 Å². The summed E-state index contributed by atoms with van der Waals surface area (Å²) in [7, 11) is 0. The number of hydrogen-bond acceptors (Lipinski definition) is 5. The average Bonchev–Trinajstić information content (AvgIpc) is 2.48. The summed E-state index contributed by atoms with van der Waals surface area (Å²) in [6.07, 6.45) is 5.64. The van der Waals surface area contributed by atoms with Crippen LogP contribution in [0.1, 0.15) is 18.7 Å². The largest absolute Gasteiger partial charge is 0.356 e. The summed E-state index contributed by atoms with van der Waals surface area (Å²) in [5.74, 6) is 1.78. The smallest absolute Gasteiger partial charge is 0.132 e. The fraction of sp³-hybridized carbons (Fsp3) is 0.400. The Morgan fingerprint density at radius 3 is 2.75 bits per heavy atom. The van der Waals surface area contributed by atoms with Crippen LogP contribution >= 0.6 is 0 Å². The molecule has 20 heavy (non-hydrogen) atoms. The molecule has 5 heteroatoms. The van der Waals surface area contributed by atoms with Crippen molar-refractivity contribution in [2.24, 2.45) is 5.73 Å². The normalized spacial score (nSPS) is 16.4. The molecule has 2 N–H and O–H groups in total. The second-order valence-corrected chi connectivity index (χ2v) is 5.22. The van der Waals surface area contributed by atoms with Gasteiger partial charge in [0.2, 0.25) is 0 Å². The minimum atomic E-state index is 0.326. The molecular weight excluding hydrogens is 250 g/mol. The molecule has 0 aromatic carbocycles. The molecule has 1 fully saturated rings. The molecule has 2 aromatic heterocycles. The van der Waals surface area contributed by atoms with Crippen molar-refractivity contribution in [1.29, 1.82) is 0 Å². The van der Waals surface area contributed by atoms with E-state index in [1.54, 1.807) is 6.20 Å². The van der Waals surface area contributed by atoms with Crippen LogP contribution in [0.2, 0.25) is 0 Å². The van der Waals surface area contributed by atoms with Crippen molar-refractivity contribution in [3.8, 4) is 11.3 Å². The first-order chi connectivity index (χ1) is 9.72. The SMILES string of the molecule is Cc1nc(-c2cccnc2)cc(N2CCC(N)CC2)n1. The van der Waals surface area contributed by atoms with Gasteiger partial charge in [-0.3, -0.25) is 4.98 Å². The lowest BCUT2D eigenvalue weighted by Gasteiger charge is -2.31. The van der Waals surface area contributed by atoms with E-state index in [2.05, 4.69) is 19.9 Å². The van der Waals surface area contributed by atoms with Gasteiger partial charge in [-0.15, -0.1) is 0 Å². The molecule has 0 atom stereocenters. The first-order valence-corrected chi connectivity index (χ1v) is 6.99. The van der Waals surface area contributed by atoms with Crippen molar-refractivity contribution in [3.05, 3.63) is 36.4 Å². The summed E-state index contributed by atoms with van der Waals surface area (Å²) in [5, 5.41) is 0. The van der Waals surface area contributed by atoms with E-state index in [1.165, 1.54) is 0 Å². The summed E-state index contributed by atoms with van der Waals surface area (Å²) < 4.78 is 0. The molecule has 1 saturated heterocycles. The minimum absolute atomic E-state index is 0.326. The van der Waals surface area contributed by atoms with Crippen molar-refractivity contribution in [3.63, 3.8) is 0 Å². The predicted octanol–water partition coefficient (Wildman–Crippen LogP) is 1.77. The van der Waals surface area contributed by atoms with Gasteiger partial charge in [0.25, 0.3) is 0 Å². The van der Waals surface area contributed by atoms with Gasteiger partial charge in [-0.1, -0.05) is 0 Å². The number of nitrogens with two attached hydrogens (primary N) is 1. The zero-order chi connectivity index (χ0) is 13.9. The highest BCUT2D eigenvalue weighted by Gasteiger charge is 2.18. The minimum Gasteiger partial charge on any atom is -0.356 e. The maximum Gasteiger partial charge on any atom is 0.132 e. The molecule has 0 bridgehead atoms. The number of nitrogens with zero attached hydrogens (tertiary/aromatic N) is 4. The number of anilines is 1. The van der Waals surface area contributed by atoms with Crippen molar-refractivity contribution in [1.82, 2.24) is 15.0 Å². The third kappa shape index (κ3) is 2.77. The third-order valence-corrected chi connectivity index (χ3v) is 3.65. The summed E-state index contributed by atoms with van der Waals surface area (Å²) in [5.41, 5.74) is 7.91. The number of hydrogen-bond donors (Lipinski definition) is 1. The fourth-order valence-electron chi connectivity index (χ4n) is 2.50. The lowest BCUT2D eigenvalue weighted by molar-refractivity contribution is 0.498. The van der Waals surface area contributed by atoms with E-state index in [-0.39, 0.29) is 0 Å². The summed E-state index contributed by atoms with van der Waals surface area (Å²) in [4.78, 5) is 15.5. The van der Waals surface area contributed by atoms with Gasteiger partial charge >= 0.3 is 0 Å². The van der Waals surface area contributed by atoms with Crippen LogP contribution in [0.5, 0.6) is 0 Å². The Morgan fingerprint density at radius 1 is 1.25 bits per heavy atom. The van der Waals surface area contributed by atoms with Gasteiger partial charge in [-0.05, 0) is 31.9 Å². The zero-order valence-electron chi connectivity index (χ0n) is 11.7. The van der Waals surface area contributed by atoms with Crippen LogP contribution in [-0.2, 0) is 0 Å². The Kier molecular flexibility index (Phi) is 3.60. The van der Waals surface area contributed by atoms with Gasteiger partial charge in [-0.25, -0.2) is 9.97 Å². The number of pyridine rings is 1. The van der Waals surface area contributed by atoms with Crippen molar-refractivity contribution >= 4 is 5.82 Å². The Balaban J connectivity index is 1.91. The number of piperidine rings is 1.